The maximum atomic E-state index is 12.8. The molecule has 0 unspecified atom stereocenters. The van der Waals surface area contributed by atoms with Crippen molar-refractivity contribution in [2.45, 2.75) is 21.4 Å². The fourth-order valence-electron chi connectivity index (χ4n) is 2.68. The van der Waals surface area contributed by atoms with E-state index in [9.17, 15) is 13.2 Å². The summed E-state index contributed by atoms with van der Waals surface area (Å²) in [5, 5.41) is 11.2. The number of hydrogen-bond donors (Lipinski definition) is 2. The van der Waals surface area contributed by atoms with Gasteiger partial charge in [0.05, 0.1) is 17.0 Å². The maximum Gasteiger partial charge on any atom is 0.261 e. The number of amides is 1. The number of rotatable bonds is 5. The number of carbonyl (C=O) groups excluding carboxylic acids is 1. The standard InChI is InChI=1S/C17H15N5O3S2/c1-22-10-18-20-17(22)26-15-5-3-2-4-14(15)21-27(24,25)12-6-7-13-11(8-12)9-16(23)19-13/h2-8,10,21H,9H2,1H3,(H,19,23). The van der Waals surface area contributed by atoms with Gasteiger partial charge < -0.3 is 9.88 Å². The largest absolute Gasteiger partial charge is 0.326 e. The molecule has 10 heteroatoms. The molecular weight excluding hydrogens is 386 g/mol. The minimum atomic E-state index is -3.81. The number of sulfonamides is 1. The first kappa shape index (κ1) is 17.6. The van der Waals surface area contributed by atoms with Crippen LogP contribution in [-0.4, -0.2) is 29.1 Å². The minimum absolute atomic E-state index is 0.108. The van der Waals surface area contributed by atoms with E-state index >= 15 is 0 Å². The summed E-state index contributed by atoms with van der Waals surface area (Å²) in [6.07, 6.45) is 1.76. The van der Waals surface area contributed by atoms with E-state index in [0.717, 1.165) is 0 Å². The molecular formula is C17H15N5O3S2. The Hall–Kier alpha value is -2.85. The molecule has 2 N–H and O–H groups in total. The average Bonchev–Trinajstić information content (AvgIpc) is 3.20. The first-order chi connectivity index (χ1) is 12.9. The lowest BCUT2D eigenvalue weighted by Crippen LogP contribution is -2.13. The third kappa shape index (κ3) is 3.53. The van der Waals surface area contributed by atoms with Crippen molar-refractivity contribution in [2.75, 3.05) is 10.0 Å². The Morgan fingerprint density at radius 2 is 2.04 bits per heavy atom. The highest BCUT2D eigenvalue weighted by molar-refractivity contribution is 7.99. The molecule has 0 saturated carbocycles. The first-order valence-corrected chi connectivity index (χ1v) is 10.3. The molecule has 27 heavy (non-hydrogen) atoms. The molecule has 4 rings (SSSR count). The van der Waals surface area contributed by atoms with Gasteiger partial charge in [0.15, 0.2) is 5.16 Å². The molecule has 2 aromatic carbocycles. The van der Waals surface area contributed by atoms with Crippen molar-refractivity contribution < 1.29 is 13.2 Å². The second-order valence-electron chi connectivity index (χ2n) is 5.97. The van der Waals surface area contributed by atoms with E-state index in [4.69, 9.17) is 0 Å². The van der Waals surface area contributed by atoms with Crippen LogP contribution in [0, 0.1) is 0 Å². The van der Waals surface area contributed by atoms with Crippen LogP contribution in [0.15, 0.2) is 63.7 Å². The highest BCUT2D eigenvalue weighted by atomic mass is 32.2. The molecule has 0 spiro atoms. The molecule has 0 saturated heterocycles. The first-order valence-electron chi connectivity index (χ1n) is 7.99. The lowest BCUT2D eigenvalue weighted by atomic mass is 10.2. The Bertz CT molecular complexity index is 1140. The van der Waals surface area contributed by atoms with E-state index in [-0.39, 0.29) is 17.2 Å². The minimum Gasteiger partial charge on any atom is -0.326 e. The maximum absolute atomic E-state index is 12.8. The molecule has 0 fully saturated rings. The molecule has 1 aromatic heterocycles. The second-order valence-corrected chi connectivity index (χ2v) is 8.66. The molecule has 1 amide bonds. The molecule has 0 atom stereocenters. The van der Waals surface area contributed by atoms with Crippen LogP contribution in [0.4, 0.5) is 11.4 Å². The zero-order valence-electron chi connectivity index (χ0n) is 14.2. The van der Waals surface area contributed by atoms with Gasteiger partial charge >= 0.3 is 0 Å². The Balaban J connectivity index is 1.63. The zero-order chi connectivity index (χ0) is 19.0. The Morgan fingerprint density at radius 1 is 1.22 bits per heavy atom. The van der Waals surface area contributed by atoms with Crippen molar-refractivity contribution in [1.29, 1.82) is 0 Å². The zero-order valence-corrected chi connectivity index (χ0v) is 15.8. The number of anilines is 2. The lowest BCUT2D eigenvalue weighted by Gasteiger charge is -2.12. The quantitative estimate of drug-likeness (QED) is 0.679. The summed E-state index contributed by atoms with van der Waals surface area (Å²) in [6.45, 7) is 0. The van der Waals surface area contributed by atoms with E-state index < -0.39 is 10.0 Å². The van der Waals surface area contributed by atoms with Crippen molar-refractivity contribution in [1.82, 2.24) is 14.8 Å². The summed E-state index contributed by atoms with van der Waals surface area (Å²) in [5.74, 6) is -0.141. The topological polar surface area (TPSA) is 106 Å². The number of nitrogens with one attached hydrogen (secondary N) is 2. The van der Waals surface area contributed by atoms with E-state index in [1.165, 1.54) is 23.9 Å². The molecule has 0 aliphatic carbocycles. The summed E-state index contributed by atoms with van der Waals surface area (Å²) < 4.78 is 30.1. The van der Waals surface area contributed by atoms with Crippen molar-refractivity contribution in [2.24, 2.45) is 7.05 Å². The number of hydrogen-bond acceptors (Lipinski definition) is 6. The van der Waals surface area contributed by atoms with E-state index in [1.54, 1.807) is 29.1 Å². The van der Waals surface area contributed by atoms with Crippen molar-refractivity contribution in [3.8, 4) is 0 Å². The van der Waals surface area contributed by atoms with Gasteiger partial charge in [-0.3, -0.25) is 9.52 Å². The predicted octanol–water partition coefficient (Wildman–Crippen LogP) is 2.26. The highest BCUT2D eigenvalue weighted by Gasteiger charge is 2.22. The molecule has 1 aliphatic heterocycles. The second kappa shape index (κ2) is 6.71. The number of benzene rings is 2. The smallest absolute Gasteiger partial charge is 0.261 e. The summed E-state index contributed by atoms with van der Waals surface area (Å²) in [4.78, 5) is 12.3. The third-order valence-corrected chi connectivity index (χ3v) is 6.51. The summed E-state index contributed by atoms with van der Waals surface area (Å²) in [7, 11) is -1.99. The summed E-state index contributed by atoms with van der Waals surface area (Å²) in [5.41, 5.74) is 1.77. The van der Waals surface area contributed by atoms with Crippen LogP contribution in [-0.2, 0) is 28.3 Å². The van der Waals surface area contributed by atoms with Gasteiger partial charge in [-0.05, 0) is 47.7 Å². The van der Waals surface area contributed by atoms with E-state index in [0.29, 0.717) is 27.0 Å². The van der Waals surface area contributed by atoms with Crippen molar-refractivity contribution >= 4 is 39.1 Å². The SMILES string of the molecule is Cn1cnnc1Sc1ccccc1NS(=O)(=O)c1ccc2c(c1)CC(=O)N2. The van der Waals surface area contributed by atoms with Crippen LogP contribution in [0.1, 0.15) is 5.56 Å². The van der Waals surface area contributed by atoms with Crippen LogP contribution in [0.25, 0.3) is 0 Å². The number of aromatic nitrogens is 3. The van der Waals surface area contributed by atoms with Gasteiger partial charge in [-0.1, -0.05) is 12.1 Å². The van der Waals surface area contributed by atoms with Crippen LogP contribution >= 0.6 is 11.8 Å². The van der Waals surface area contributed by atoms with Gasteiger partial charge in [0.1, 0.15) is 6.33 Å². The van der Waals surface area contributed by atoms with Crippen molar-refractivity contribution in [3.05, 3.63) is 54.4 Å². The fourth-order valence-corrected chi connectivity index (χ4v) is 4.73. The van der Waals surface area contributed by atoms with Crippen LogP contribution in [0.5, 0.6) is 0 Å². The molecule has 2 heterocycles. The number of carbonyl (C=O) groups is 1. The number of fused-ring (bicyclic) bond motifs is 1. The number of aryl methyl sites for hydroxylation is 1. The molecule has 1 aliphatic rings. The molecule has 0 radical (unpaired) electrons. The predicted molar refractivity (Wildman–Crippen MR) is 101 cm³/mol. The van der Waals surface area contributed by atoms with E-state index in [1.807, 2.05) is 19.2 Å². The molecule has 8 nitrogen and oxygen atoms in total. The Labute approximate surface area is 160 Å². The highest BCUT2D eigenvalue weighted by Crippen LogP contribution is 2.33. The summed E-state index contributed by atoms with van der Waals surface area (Å²) >= 11 is 1.31. The van der Waals surface area contributed by atoms with Gasteiger partial charge in [-0.15, -0.1) is 10.2 Å². The Kier molecular flexibility index (Phi) is 4.36. The van der Waals surface area contributed by atoms with Gasteiger partial charge in [0.2, 0.25) is 5.91 Å². The lowest BCUT2D eigenvalue weighted by molar-refractivity contribution is -0.115. The third-order valence-electron chi connectivity index (χ3n) is 4.01. The van der Waals surface area contributed by atoms with E-state index in [2.05, 4.69) is 20.2 Å². The molecule has 0 bridgehead atoms. The van der Waals surface area contributed by atoms with Gasteiger partial charge in [0.25, 0.3) is 10.0 Å². The monoisotopic (exact) mass is 401 g/mol. The van der Waals surface area contributed by atoms with Crippen molar-refractivity contribution in [3.63, 3.8) is 0 Å². The van der Waals surface area contributed by atoms with Crippen LogP contribution in [0.2, 0.25) is 0 Å². The van der Waals surface area contributed by atoms with Gasteiger partial charge in [-0.2, -0.15) is 0 Å². The van der Waals surface area contributed by atoms with Crippen LogP contribution < -0.4 is 10.0 Å². The van der Waals surface area contributed by atoms with Crippen LogP contribution in [0.3, 0.4) is 0 Å². The number of nitrogens with zero attached hydrogens (tertiary/aromatic N) is 3. The molecule has 138 valence electrons. The summed E-state index contributed by atoms with van der Waals surface area (Å²) in [6, 6.07) is 11.7. The number of para-hydroxylation sites is 1. The molecule has 3 aromatic rings. The normalized spacial score (nSPS) is 13.3. The fraction of sp³-hybridized carbons (Fsp3) is 0.118. The average molecular weight is 401 g/mol. The van der Waals surface area contributed by atoms with Gasteiger partial charge in [0, 0.05) is 17.6 Å². The Morgan fingerprint density at radius 3 is 2.81 bits per heavy atom. The van der Waals surface area contributed by atoms with Gasteiger partial charge in [-0.25, -0.2) is 8.42 Å².